The first-order valence-electron chi connectivity index (χ1n) is 5.67. The summed E-state index contributed by atoms with van der Waals surface area (Å²) in [6.45, 7) is 5.79. The largest absolute Gasteiger partial charge is 0.492 e. The lowest BCUT2D eigenvalue weighted by atomic mass is 10.2. The van der Waals surface area contributed by atoms with Crippen molar-refractivity contribution in [1.29, 1.82) is 0 Å². The Bertz CT molecular complexity index is 464. The van der Waals surface area contributed by atoms with Gasteiger partial charge in [-0.05, 0) is 43.2 Å². The summed E-state index contributed by atoms with van der Waals surface area (Å²) >= 11 is 6.02. The molecule has 0 heterocycles. The zero-order chi connectivity index (χ0) is 13.4. The summed E-state index contributed by atoms with van der Waals surface area (Å²) < 4.78 is 18.1. The summed E-state index contributed by atoms with van der Waals surface area (Å²) in [7, 11) is 0. The van der Waals surface area contributed by atoms with E-state index in [0.717, 1.165) is 11.6 Å². The third-order valence-corrected chi connectivity index (χ3v) is 2.51. The van der Waals surface area contributed by atoms with Crippen LogP contribution in [0.1, 0.15) is 12.0 Å². The molecule has 0 radical (unpaired) electrons. The standard InChI is InChI=1S/C15H16ClFO/c1-3-13(17)7-5-4-6-10-18-15-9-8-12(2)11-14(15)16/h3-5,7-9,11H,1,6,10H2,2H3/b5-4-,13-7+. The second kappa shape index (κ2) is 7.72. The third kappa shape index (κ3) is 5.19. The van der Waals surface area contributed by atoms with E-state index in [-0.39, 0.29) is 5.83 Å². The number of hydrogen-bond acceptors (Lipinski definition) is 1. The first-order chi connectivity index (χ1) is 8.63. The molecule has 1 aromatic rings. The van der Waals surface area contributed by atoms with Gasteiger partial charge in [-0.3, -0.25) is 0 Å². The van der Waals surface area contributed by atoms with Gasteiger partial charge in [-0.25, -0.2) is 4.39 Å². The SMILES string of the molecule is C=C/C(F)=C\C=C/CCOc1ccc(C)cc1Cl. The number of rotatable bonds is 6. The zero-order valence-electron chi connectivity index (χ0n) is 10.3. The quantitative estimate of drug-likeness (QED) is 0.519. The zero-order valence-corrected chi connectivity index (χ0v) is 11.1. The van der Waals surface area contributed by atoms with Crippen LogP contribution in [0.15, 0.2) is 54.9 Å². The van der Waals surface area contributed by atoms with Gasteiger partial charge < -0.3 is 4.74 Å². The minimum atomic E-state index is -0.353. The molecule has 0 aliphatic carbocycles. The van der Waals surface area contributed by atoms with Crippen molar-refractivity contribution in [3.05, 3.63) is 65.5 Å². The van der Waals surface area contributed by atoms with Crippen molar-refractivity contribution in [3.63, 3.8) is 0 Å². The average molecular weight is 267 g/mol. The maximum atomic E-state index is 12.6. The van der Waals surface area contributed by atoms with Gasteiger partial charge in [0.1, 0.15) is 11.6 Å². The molecule has 18 heavy (non-hydrogen) atoms. The van der Waals surface area contributed by atoms with Crippen LogP contribution in [0.2, 0.25) is 5.02 Å². The van der Waals surface area contributed by atoms with Gasteiger partial charge in [-0.1, -0.05) is 36.4 Å². The van der Waals surface area contributed by atoms with Crippen LogP contribution in [0.5, 0.6) is 5.75 Å². The van der Waals surface area contributed by atoms with Crippen LogP contribution < -0.4 is 4.74 Å². The molecule has 0 aliphatic heterocycles. The molecule has 0 N–H and O–H groups in total. The highest BCUT2D eigenvalue weighted by Gasteiger charge is 1.99. The Labute approximate surface area is 112 Å². The minimum Gasteiger partial charge on any atom is -0.492 e. The Morgan fingerprint density at radius 1 is 1.50 bits per heavy atom. The number of hydrogen-bond donors (Lipinski definition) is 0. The van der Waals surface area contributed by atoms with Gasteiger partial charge in [0.25, 0.3) is 0 Å². The van der Waals surface area contributed by atoms with Gasteiger partial charge >= 0.3 is 0 Å². The summed E-state index contributed by atoms with van der Waals surface area (Å²) in [6, 6.07) is 5.65. The molecular formula is C15H16ClFO. The van der Waals surface area contributed by atoms with Crippen LogP contribution in [-0.4, -0.2) is 6.61 Å². The van der Waals surface area contributed by atoms with Crippen molar-refractivity contribution in [2.24, 2.45) is 0 Å². The molecule has 0 spiro atoms. The van der Waals surface area contributed by atoms with Gasteiger partial charge in [0.2, 0.25) is 0 Å². The van der Waals surface area contributed by atoms with Crippen LogP contribution in [0.3, 0.4) is 0 Å². The van der Waals surface area contributed by atoms with Gasteiger partial charge in [-0.15, -0.1) is 0 Å². The molecule has 0 amide bonds. The third-order valence-electron chi connectivity index (χ3n) is 2.22. The van der Waals surface area contributed by atoms with Crippen LogP contribution in [0, 0.1) is 6.92 Å². The Hall–Kier alpha value is -1.54. The van der Waals surface area contributed by atoms with E-state index in [9.17, 15) is 4.39 Å². The Morgan fingerprint density at radius 3 is 2.94 bits per heavy atom. The summed E-state index contributed by atoms with van der Waals surface area (Å²) in [5.74, 6) is 0.317. The number of ether oxygens (including phenoxy) is 1. The molecular weight excluding hydrogens is 251 g/mol. The summed E-state index contributed by atoms with van der Waals surface area (Å²) in [4.78, 5) is 0. The molecule has 0 unspecified atom stereocenters. The molecule has 1 aromatic carbocycles. The molecule has 1 rings (SSSR count). The lowest BCUT2D eigenvalue weighted by Gasteiger charge is -2.06. The Morgan fingerprint density at radius 2 is 2.28 bits per heavy atom. The molecule has 0 aromatic heterocycles. The maximum Gasteiger partial charge on any atom is 0.137 e. The van der Waals surface area contributed by atoms with E-state index < -0.39 is 0 Å². The second-order valence-electron chi connectivity index (χ2n) is 3.75. The highest BCUT2D eigenvalue weighted by Crippen LogP contribution is 2.25. The number of allylic oxidation sites excluding steroid dienone is 4. The first-order valence-corrected chi connectivity index (χ1v) is 6.05. The smallest absolute Gasteiger partial charge is 0.137 e. The monoisotopic (exact) mass is 266 g/mol. The molecule has 0 bridgehead atoms. The van der Waals surface area contributed by atoms with Crippen LogP contribution in [0.25, 0.3) is 0 Å². The lowest BCUT2D eigenvalue weighted by molar-refractivity contribution is 0.325. The number of aryl methyl sites for hydroxylation is 1. The molecule has 1 nitrogen and oxygen atoms in total. The Kier molecular flexibility index (Phi) is 6.23. The van der Waals surface area contributed by atoms with E-state index in [1.54, 1.807) is 6.08 Å². The van der Waals surface area contributed by atoms with E-state index in [2.05, 4.69) is 6.58 Å². The normalized spacial score (nSPS) is 11.8. The fraction of sp³-hybridized carbons (Fsp3) is 0.200. The number of benzene rings is 1. The van der Waals surface area contributed by atoms with Gasteiger partial charge in [0.05, 0.1) is 11.6 Å². The number of halogens is 2. The van der Waals surface area contributed by atoms with Crippen molar-refractivity contribution in [1.82, 2.24) is 0 Å². The van der Waals surface area contributed by atoms with Crippen molar-refractivity contribution >= 4 is 11.6 Å². The van der Waals surface area contributed by atoms with Crippen molar-refractivity contribution < 1.29 is 9.13 Å². The van der Waals surface area contributed by atoms with E-state index >= 15 is 0 Å². The van der Waals surface area contributed by atoms with Crippen molar-refractivity contribution in [3.8, 4) is 5.75 Å². The second-order valence-corrected chi connectivity index (χ2v) is 4.16. The molecule has 0 atom stereocenters. The van der Waals surface area contributed by atoms with Gasteiger partial charge in [0, 0.05) is 0 Å². The molecule has 96 valence electrons. The topological polar surface area (TPSA) is 9.23 Å². The highest BCUT2D eigenvalue weighted by atomic mass is 35.5. The highest BCUT2D eigenvalue weighted by molar-refractivity contribution is 6.32. The summed E-state index contributed by atoms with van der Waals surface area (Å²) in [5.41, 5.74) is 1.09. The van der Waals surface area contributed by atoms with Crippen molar-refractivity contribution in [2.75, 3.05) is 6.61 Å². The van der Waals surface area contributed by atoms with Gasteiger partial charge in [0.15, 0.2) is 0 Å². The molecule has 0 fully saturated rings. The van der Waals surface area contributed by atoms with Crippen LogP contribution in [0.4, 0.5) is 4.39 Å². The predicted octanol–water partition coefficient (Wildman–Crippen LogP) is 5.01. The fourth-order valence-corrected chi connectivity index (χ4v) is 1.57. The fourth-order valence-electron chi connectivity index (χ4n) is 1.28. The predicted molar refractivity (Wildman–Crippen MR) is 74.8 cm³/mol. The Balaban J connectivity index is 2.36. The maximum absolute atomic E-state index is 12.6. The van der Waals surface area contributed by atoms with E-state index in [0.29, 0.717) is 23.8 Å². The molecule has 3 heteroatoms. The summed E-state index contributed by atoms with van der Waals surface area (Å²) in [5, 5.41) is 0.608. The molecule has 0 saturated heterocycles. The van der Waals surface area contributed by atoms with E-state index in [4.69, 9.17) is 16.3 Å². The first kappa shape index (κ1) is 14.5. The minimum absolute atomic E-state index is 0.353. The lowest BCUT2D eigenvalue weighted by Crippen LogP contribution is -1.96. The van der Waals surface area contributed by atoms with Crippen molar-refractivity contribution in [2.45, 2.75) is 13.3 Å². The van der Waals surface area contributed by atoms with E-state index in [1.807, 2.05) is 31.2 Å². The summed E-state index contributed by atoms with van der Waals surface area (Å²) in [6.07, 6.45) is 6.66. The van der Waals surface area contributed by atoms with E-state index in [1.165, 1.54) is 6.08 Å². The average Bonchev–Trinajstić information content (AvgIpc) is 2.35. The molecule has 0 saturated carbocycles. The van der Waals surface area contributed by atoms with Crippen LogP contribution >= 0.6 is 11.6 Å². The van der Waals surface area contributed by atoms with Gasteiger partial charge in [-0.2, -0.15) is 0 Å². The molecule has 0 aliphatic rings. The van der Waals surface area contributed by atoms with Crippen LogP contribution in [-0.2, 0) is 0 Å².